The molecule has 0 amide bonds. The Bertz CT molecular complexity index is 501. The maximum atomic E-state index is 12.7. The van der Waals surface area contributed by atoms with Crippen molar-refractivity contribution in [3.05, 3.63) is 35.6 Å². The van der Waals surface area contributed by atoms with Crippen LogP contribution in [0.25, 0.3) is 0 Å². The standard InChI is InChI=1S/C12H16FNO3S/c13-11-5-3-10(4-6-11)9-18(16,17)14-7-1-2-12(15)8-14/h3-6,12,15H,1-2,7-9H2/t12-/m0/s1. The molecule has 0 radical (unpaired) electrons. The van der Waals surface area contributed by atoms with E-state index in [4.69, 9.17) is 0 Å². The average molecular weight is 273 g/mol. The van der Waals surface area contributed by atoms with E-state index in [-0.39, 0.29) is 18.1 Å². The molecule has 1 atom stereocenters. The van der Waals surface area contributed by atoms with Gasteiger partial charge in [-0.2, -0.15) is 4.31 Å². The van der Waals surface area contributed by atoms with Gasteiger partial charge < -0.3 is 5.11 Å². The number of sulfonamides is 1. The largest absolute Gasteiger partial charge is 0.392 e. The third kappa shape index (κ3) is 3.28. The zero-order chi connectivity index (χ0) is 13.2. The van der Waals surface area contributed by atoms with Crippen molar-refractivity contribution in [2.45, 2.75) is 24.7 Å². The molecule has 0 bridgehead atoms. The fourth-order valence-corrected chi connectivity index (χ4v) is 3.66. The zero-order valence-corrected chi connectivity index (χ0v) is 10.7. The highest BCUT2D eigenvalue weighted by atomic mass is 32.2. The van der Waals surface area contributed by atoms with Gasteiger partial charge >= 0.3 is 0 Å². The van der Waals surface area contributed by atoms with Crippen LogP contribution >= 0.6 is 0 Å². The summed E-state index contributed by atoms with van der Waals surface area (Å²) in [6.07, 6.45) is 0.730. The van der Waals surface area contributed by atoms with Crippen molar-refractivity contribution in [1.29, 1.82) is 0 Å². The SMILES string of the molecule is O=S(=O)(Cc1ccc(F)cc1)N1CCC[C@H](O)C1. The van der Waals surface area contributed by atoms with Crippen LogP contribution < -0.4 is 0 Å². The van der Waals surface area contributed by atoms with Gasteiger partial charge in [-0.05, 0) is 30.5 Å². The monoisotopic (exact) mass is 273 g/mol. The molecule has 1 saturated heterocycles. The summed E-state index contributed by atoms with van der Waals surface area (Å²) in [7, 11) is -3.43. The summed E-state index contributed by atoms with van der Waals surface area (Å²) in [5.74, 6) is -0.537. The first-order valence-corrected chi connectivity index (χ1v) is 7.48. The molecule has 0 saturated carbocycles. The number of nitrogens with zero attached hydrogens (tertiary/aromatic N) is 1. The van der Waals surface area contributed by atoms with E-state index in [1.165, 1.54) is 28.6 Å². The van der Waals surface area contributed by atoms with Gasteiger partial charge in [0.2, 0.25) is 10.0 Å². The van der Waals surface area contributed by atoms with Gasteiger partial charge in [0.25, 0.3) is 0 Å². The van der Waals surface area contributed by atoms with E-state index < -0.39 is 16.1 Å². The minimum atomic E-state index is -3.43. The predicted molar refractivity (Wildman–Crippen MR) is 65.8 cm³/mol. The van der Waals surface area contributed by atoms with Crippen LogP contribution in [0.15, 0.2) is 24.3 Å². The molecule has 100 valence electrons. The van der Waals surface area contributed by atoms with Gasteiger partial charge in [-0.15, -0.1) is 0 Å². The highest BCUT2D eigenvalue weighted by Gasteiger charge is 2.27. The van der Waals surface area contributed by atoms with Crippen molar-refractivity contribution >= 4 is 10.0 Å². The number of halogens is 1. The van der Waals surface area contributed by atoms with Crippen molar-refractivity contribution in [3.8, 4) is 0 Å². The fourth-order valence-electron chi connectivity index (χ4n) is 2.06. The van der Waals surface area contributed by atoms with Gasteiger partial charge in [0.05, 0.1) is 11.9 Å². The van der Waals surface area contributed by atoms with Crippen LogP contribution in [0.1, 0.15) is 18.4 Å². The van der Waals surface area contributed by atoms with Crippen molar-refractivity contribution < 1.29 is 17.9 Å². The molecule has 0 spiro atoms. The highest BCUT2D eigenvalue weighted by molar-refractivity contribution is 7.88. The Morgan fingerprint density at radius 1 is 1.33 bits per heavy atom. The number of aliphatic hydroxyl groups excluding tert-OH is 1. The van der Waals surface area contributed by atoms with Crippen LogP contribution in [0.3, 0.4) is 0 Å². The lowest BCUT2D eigenvalue weighted by molar-refractivity contribution is 0.108. The van der Waals surface area contributed by atoms with Crippen LogP contribution in [0, 0.1) is 5.82 Å². The molecule has 4 nitrogen and oxygen atoms in total. The molecular weight excluding hydrogens is 257 g/mol. The topological polar surface area (TPSA) is 57.6 Å². The van der Waals surface area contributed by atoms with Crippen molar-refractivity contribution in [3.63, 3.8) is 0 Å². The van der Waals surface area contributed by atoms with E-state index in [1.807, 2.05) is 0 Å². The van der Waals surface area contributed by atoms with Gasteiger partial charge in [-0.3, -0.25) is 0 Å². The number of rotatable bonds is 3. The maximum absolute atomic E-state index is 12.7. The van der Waals surface area contributed by atoms with Gasteiger partial charge in [0.15, 0.2) is 0 Å². The van der Waals surface area contributed by atoms with Crippen LogP contribution in [0.5, 0.6) is 0 Å². The van der Waals surface area contributed by atoms with Gasteiger partial charge in [-0.25, -0.2) is 12.8 Å². The van der Waals surface area contributed by atoms with E-state index in [1.54, 1.807) is 0 Å². The number of hydrogen-bond acceptors (Lipinski definition) is 3. The number of β-amino-alcohol motifs (C(OH)–C–C–N with tert-alkyl or cyclic N) is 1. The fraction of sp³-hybridized carbons (Fsp3) is 0.500. The molecule has 0 aliphatic carbocycles. The van der Waals surface area contributed by atoms with Crippen LogP contribution in [-0.4, -0.2) is 37.0 Å². The molecule has 18 heavy (non-hydrogen) atoms. The second-order valence-corrected chi connectivity index (χ2v) is 6.51. The van der Waals surface area contributed by atoms with E-state index in [9.17, 15) is 17.9 Å². The van der Waals surface area contributed by atoms with Crippen LogP contribution in [0.2, 0.25) is 0 Å². The summed E-state index contributed by atoms with van der Waals surface area (Å²) in [6, 6.07) is 5.42. The van der Waals surface area contributed by atoms with Gasteiger partial charge in [-0.1, -0.05) is 12.1 Å². The molecule has 2 rings (SSSR count). The summed E-state index contributed by atoms with van der Waals surface area (Å²) < 4.78 is 38.3. The first-order chi connectivity index (χ1) is 8.47. The highest BCUT2D eigenvalue weighted by Crippen LogP contribution is 2.17. The molecule has 1 aromatic rings. The minimum Gasteiger partial charge on any atom is -0.392 e. The van der Waals surface area contributed by atoms with Crippen LogP contribution in [-0.2, 0) is 15.8 Å². The third-order valence-corrected chi connectivity index (χ3v) is 4.83. The average Bonchev–Trinajstić information content (AvgIpc) is 2.32. The summed E-state index contributed by atoms with van der Waals surface area (Å²) in [6.45, 7) is 0.601. The Balaban J connectivity index is 2.09. The van der Waals surface area contributed by atoms with E-state index >= 15 is 0 Å². The molecule has 1 heterocycles. The lowest BCUT2D eigenvalue weighted by Crippen LogP contribution is -2.42. The molecule has 6 heteroatoms. The smallest absolute Gasteiger partial charge is 0.218 e. The summed E-state index contributed by atoms with van der Waals surface area (Å²) in [5.41, 5.74) is 0.552. The van der Waals surface area contributed by atoms with E-state index in [0.29, 0.717) is 24.9 Å². The first kappa shape index (κ1) is 13.5. The Labute approximate surface area is 106 Å². The molecule has 1 fully saturated rings. The molecule has 0 aromatic heterocycles. The Hall–Kier alpha value is -0.980. The summed E-state index contributed by atoms with van der Waals surface area (Å²) in [5, 5.41) is 9.49. The first-order valence-electron chi connectivity index (χ1n) is 5.88. The number of aliphatic hydroxyl groups is 1. The van der Waals surface area contributed by atoms with Crippen molar-refractivity contribution in [1.82, 2.24) is 4.31 Å². The van der Waals surface area contributed by atoms with E-state index in [2.05, 4.69) is 0 Å². The quantitative estimate of drug-likeness (QED) is 0.897. The number of hydrogen-bond donors (Lipinski definition) is 1. The molecule has 1 aromatic carbocycles. The Kier molecular flexibility index (Phi) is 3.99. The predicted octanol–water partition coefficient (Wildman–Crippen LogP) is 1.11. The van der Waals surface area contributed by atoms with Crippen molar-refractivity contribution in [2.24, 2.45) is 0 Å². The van der Waals surface area contributed by atoms with Gasteiger partial charge in [0, 0.05) is 13.1 Å². The van der Waals surface area contributed by atoms with Gasteiger partial charge in [0.1, 0.15) is 5.82 Å². The minimum absolute atomic E-state index is 0.153. The molecule has 0 unspecified atom stereocenters. The second-order valence-electron chi connectivity index (χ2n) is 4.54. The lowest BCUT2D eigenvalue weighted by atomic mass is 10.1. The maximum Gasteiger partial charge on any atom is 0.218 e. The zero-order valence-electron chi connectivity index (χ0n) is 9.92. The van der Waals surface area contributed by atoms with E-state index in [0.717, 1.165) is 0 Å². The Morgan fingerprint density at radius 3 is 2.61 bits per heavy atom. The summed E-state index contributed by atoms with van der Waals surface area (Å²) >= 11 is 0. The normalized spacial score (nSPS) is 22.0. The molecule has 1 aliphatic rings. The number of piperidine rings is 1. The molecular formula is C12H16FNO3S. The summed E-state index contributed by atoms with van der Waals surface area (Å²) in [4.78, 5) is 0. The van der Waals surface area contributed by atoms with Crippen LogP contribution in [0.4, 0.5) is 4.39 Å². The second kappa shape index (κ2) is 5.34. The lowest BCUT2D eigenvalue weighted by Gasteiger charge is -2.29. The van der Waals surface area contributed by atoms with Crippen molar-refractivity contribution in [2.75, 3.05) is 13.1 Å². The molecule has 1 aliphatic heterocycles. The third-order valence-electron chi connectivity index (χ3n) is 3.01. The Morgan fingerprint density at radius 2 is 2.00 bits per heavy atom. The molecule has 1 N–H and O–H groups in total. The number of benzene rings is 1.